The van der Waals surface area contributed by atoms with Gasteiger partial charge in [0.2, 0.25) is 0 Å². The Kier molecular flexibility index (Phi) is 6.07. The van der Waals surface area contributed by atoms with Crippen LogP contribution in [0.3, 0.4) is 0 Å². The van der Waals surface area contributed by atoms with Gasteiger partial charge in [0.05, 0.1) is 18.5 Å². The lowest BCUT2D eigenvalue weighted by molar-refractivity contribution is 0.0866. The number of carbonyl (C=O) groups excluding carboxylic acids is 1. The first-order valence-electron chi connectivity index (χ1n) is 6.04. The number of hydrogen-bond acceptors (Lipinski definition) is 5. The van der Waals surface area contributed by atoms with Crippen molar-refractivity contribution in [2.75, 3.05) is 25.5 Å². The molecule has 0 saturated carbocycles. The number of ether oxygens (including phenoxy) is 1. The van der Waals surface area contributed by atoms with Crippen LogP contribution in [0, 0.1) is 0 Å². The van der Waals surface area contributed by atoms with Crippen molar-refractivity contribution in [3.63, 3.8) is 0 Å². The van der Waals surface area contributed by atoms with Crippen LogP contribution in [0.2, 0.25) is 0 Å². The molecule has 0 radical (unpaired) electrons. The fourth-order valence-corrected chi connectivity index (χ4v) is 1.22. The molecule has 0 aliphatic carbocycles. The van der Waals surface area contributed by atoms with Gasteiger partial charge in [0.15, 0.2) is 0 Å². The van der Waals surface area contributed by atoms with Crippen molar-refractivity contribution in [2.24, 2.45) is 0 Å². The molecule has 6 nitrogen and oxygen atoms in total. The lowest BCUT2D eigenvalue weighted by Crippen LogP contribution is -2.32. The topological polar surface area (TPSA) is 76.1 Å². The van der Waals surface area contributed by atoms with Gasteiger partial charge in [-0.2, -0.15) is 0 Å². The average molecular weight is 252 g/mol. The zero-order valence-electron chi connectivity index (χ0n) is 11.1. The molecule has 1 aromatic heterocycles. The Hall–Kier alpha value is -1.69. The van der Waals surface area contributed by atoms with Crippen molar-refractivity contribution in [1.29, 1.82) is 0 Å². The van der Waals surface area contributed by atoms with E-state index in [9.17, 15) is 4.79 Å². The molecule has 18 heavy (non-hydrogen) atoms. The van der Waals surface area contributed by atoms with Crippen molar-refractivity contribution < 1.29 is 9.53 Å². The standard InChI is InChI=1S/C12H20N4O2/c1-4-5-14-11-8-13-7-10(16-11)12(17)15-6-9(2)18-3/h7-9H,4-6H2,1-3H3,(H,14,16)(H,15,17). The van der Waals surface area contributed by atoms with E-state index in [1.807, 2.05) is 6.92 Å². The molecule has 0 aliphatic heterocycles. The summed E-state index contributed by atoms with van der Waals surface area (Å²) >= 11 is 0. The predicted octanol–water partition coefficient (Wildman–Crippen LogP) is 1.06. The number of rotatable bonds is 7. The molecule has 1 unspecified atom stereocenters. The molecule has 0 fully saturated rings. The highest BCUT2D eigenvalue weighted by Crippen LogP contribution is 2.02. The first-order chi connectivity index (χ1) is 8.67. The van der Waals surface area contributed by atoms with E-state index in [0.717, 1.165) is 13.0 Å². The summed E-state index contributed by atoms with van der Waals surface area (Å²) in [6.45, 7) is 5.19. The zero-order valence-corrected chi connectivity index (χ0v) is 11.1. The van der Waals surface area contributed by atoms with Crippen LogP contribution in [0.1, 0.15) is 30.8 Å². The monoisotopic (exact) mass is 252 g/mol. The number of nitrogens with one attached hydrogen (secondary N) is 2. The largest absolute Gasteiger partial charge is 0.380 e. The minimum Gasteiger partial charge on any atom is -0.380 e. The molecule has 2 N–H and O–H groups in total. The number of amides is 1. The van der Waals surface area contributed by atoms with Crippen LogP contribution >= 0.6 is 0 Å². The Morgan fingerprint density at radius 2 is 2.28 bits per heavy atom. The molecule has 100 valence electrons. The van der Waals surface area contributed by atoms with Crippen molar-refractivity contribution in [1.82, 2.24) is 15.3 Å². The molecule has 0 aliphatic rings. The number of hydrogen-bond donors (Lipinski definition) is 2. The number of methoxy groups -OCH3 is 1. The van der Waals surface area contributed by atoms with Gasteiger partial charge in [-0.25, -0.2) is 4.98 Å². The molecule has 0 spiro atoms. The maximum absolute atomic E-state index is 11.8. The van der Waals surface area contributed by atoms with Gasteiger partial charge in [0.25, 0.3) is 5.91 Å². The van der Waals surface area contributed by atoms with E-state index in [1.165, 1.54) is 6.20 Å². The van der Waals surface area contributed by atoms with Gasteiger partial charge in [0.1, 0.15) is 11.5 Å². The Balaban J connectivity index is 2.56. The molecule has 0 aromatic carbocycles. The highest BCUT2D eigenvalue weighted by atomic mass is 16.5. The molecular weight excluding hydrogens is 232 g/mol. The Morgan fingerprint density at radius 1 is 1.50 bits per heavy atom. The van der Waals surface area contributed by atoms with Gasteiger partial charge in [-0.3, -0.25) is 9.78 Å². The second-order valence-electron chi connectivity index (χ2n) is 3.97. The number of aromatic nitrogens is 2. The van der Waals surface area contributed by atoms with E-state index in [-0.39, 0.29) is 12.0 Å². The van der Waals surface area contributed by atoms with E-state index in [1.54, 1.807) is 13.3 Å². The fourth-order valence-electron chi connectivity index (χ4n) is 1.22. The molecule has 1 amide bonds. The quantitative estimate of drug-likeness (QED) is 0.759. The first-order valence-corrected chi connectivity index (χ1v) is 6.04. The normalized spacial score (nSPS) is 11.9. The van der Waals surface area contributed by atoms with Gasteiger partial charge < -0.3 is 15.4 Å². The van der Waals surface area contributed by atoms with E-state index in [2.05, 4.69) is 27.5 Å². The van der Waals surface area contributed by atoms with E-state index in [0.29, 0.717) is 18.1 Å². The summed E-state index contributed by atoms with van der Waals surface area (Å²) in [6, 6.07) is 0. The second kappa shape index (κ2) is 7.60. The van der Waals surface area contributed by atoms with Crippen LogP contribution < -0.4 is 10.6 Å². The minimum absolute atomic E-state index is 0.0247. The summed E-state index contributed by atoms with van der Waals surface area (Å²) in [7, 11) is 1.60. The summed E-state index contributed by atoms with van der Waals surface area (Å²) in [5.41, 5.74) is 0.305. The molecule has 6 heteroatoms. The van der Waals surface area contributed by atoms with Crippen LogP contribution in [0.5, 0.6) is 0 Å². The van der Waals surface area contributed by atoms with Crippen LogP contribution in [-0.2, 0) is 4.74 Å². The van der Waals surface area contributed by atoms with Gasteiger partial charge in [-0.15, -0.1) is 0 Å². The number of carbonyl (C=O) groups is 1. The smallest absolute Gasteiger partial charge is 0.271 e. The number of nitrogens with zero attached hydrogens (tertiary/aromatic N) is 2. The molecular formula is C12H20N4O2. The first kappa shape index (κ1) is 14.4. The summed E-state index contributed by atoms with van der Waals surface area (Å²) in [4.78, 5) is 20.0. The fraction of sp³-hybridized carbons (Fsp3) is 0.583. The molecule has 1 atom stereocenters. The van der Waals surface area contributed by atoms with Crippen LogP contribution in [0.4, 0.5) is 5.82 Å². The van der Waals surface area contributed by atoms with Crippen molar-refractivity contribution in [2.45, 2.75) is 26.4 Å². The SMILES string of the molecule is CCCNc1cncc(C(=O)NCC(C)OC)n1. The molecule has 1 heterocycles. The van der Waals surface area contributed by atoms with Crippen LogP contribution in [0.15, 0.2) is 12.4 Å². The van der Waals surface area contributed by atoms with E-state index >= 15 is 0 Å². The lowest BCUT2D eigenvalue weighted by atomic mass is 10.3. The van der Waals surface area contributed by atoms with Crippen molar-refractivity contribution in [3.8, 4) is 0 Å². The third kappa shape index (κ3) is 4.67. The summed E-state index contributed by atoms with van der Waals surface area (Å²) in [5, 5.41) is 5.83. The zero-order chi connectivity index (χ0) is 13.4. The molecule has 0 saturated heterocycles. The summed E-state index contributed by atoms with van der Waals surface area (Å²) in [5.74, 6) is 0.371. The lowest BCUT2D eigenvalue weighted by Gasteiger charge is -2.10. The molecule has 1 rings (SSSR count). The van der Waals surface area contributed by atoms with Crippen molar-refractivity contribution in [3.05, 3.63) is 18.1 Å². The van der Waals surface area contributed by atoms with Crippen LogP contribution in [-0.4, -0.2) is 42.2 Å². The van der Waals surface area contributed by atoms with Crippen LogP contribution in [0.25, 0.3) is 0 Å². The van der Waals surface area contributed by atoms with E-state index < -0.39 is 0 Å². The third-order valence-corrected chi connectivity index (χ3v) is 2.38. The van der Waals surface area contributed by atoms with E-state index in [4.69, 9.17) is 4.74 Å². The highest BCUT2D eigenvalue weighted by molar-refractivity contribution is 5.92. The Labute approximate surface area is 107 Å². The second-order valence-corrected chi connectivity index (χ2v) is 3.97. The van der Waals surface area contributed by atoms with Gasteiger partial charge in [-0.1, -0.05) is 6.92 Å². The maximum Gasteiger partial charge on any atom is 0.271 e. The van der Waals surface area contributed by atoms with Crippen molar-refractivity contribution >= 4 is 11.7 Å². The van der Waals surface area contributed by atoms with Gasteiger partial charge in [-0.05, 0) is 13.3 Å². The Morgan fingerprint density at radius 3 is 2.94 bits per heavy atom. The highest BCUT2D eigenvalue weighted by Gasteiger charge is 2.09. The molecule has 0 bridgehead atoms. The third-order valence-electron chi connectivity index (χ3n) is 2.38. The van der Waals surface area contributed by atoms with Gasteiger partial charge >= 0.3 is 0 Å². The molecule has 1 aromatic rings. The maximum atomic E-state index is 11.8. The minimum atomic E-state index is -0.244. The average Bonchev–Trinajstić information content (AvgIpc) is 2.42. The summed E-state index contributed by atoms with van der Waals surface area (Å²) < 4.78 is 5.05. The predicted molar refractivity (Wildman–Crippen MR) is 69.6 cm³/mol. The van der Waals surface area contributed by atoms with Gasteiger partial charge in [0, 0.05) is 20.2 Å². The number of anilines is 1. The Bertz CT molecular complexity index is 384. The summed E-state index contributed by atoms with van der Waals surface area (Å²) in [6.07, 6.45) is 4.01.